The minimum Gasteiger partial charge on any atom is -0.324 e. The highest BCUT2D eigenvalue weighted by atomic mass is 31.2. The van der Waals surface area contributed by atoms with Gasteiger partial charge in [0.05, 0.1) is 0 Å². The zero-order valence-corrected chi connectivity index (χ0v) is 11.2. The smallest absolute Gasteiger partial charge is 0.273 e. The number of hydrogen-bond acceptors (Lipinski definition) is 6. The summed E-state index contributed by atoms with van der Waals surface area (Å²) in [7, 11) is 7.93. The Kier molecular flexibility index (Phi) is 8.20. The van der Waals surface area contributed by atoms with Crippen molar-refractivity contribution in [3.63, 3.8) is 0 Å². The van der Waals surface area contributed by atoms with Gasteiger partial charge in [0.1, 0.15) is 0 Å². The average molecular weight is 244 g/mol. The van der Waals surface area contributed by atoms with E-state index in [0.717, 1.165) is 0 Å². The van der Waals surface area contributed by atoms with Crippen LogP contribution in [0.25, 0.3) is 0 Å². The van der Waals surface area contributed by atoms with Gasteiger partial charge in [0.25, 0.3) is 17.1 Å². The molecule has 0 unspecified atom stereocenters. The Morgan fingerprint density at radius 1 is 0.643 bits per heavy atom. The van der Waals surface area contributed by atoms with Gasteiger partial charge < -0.3 is 18.1 Å². The highest BCUT2D eigenvalue weighted by Crippen LogP contribution is 2.49. The van der Waals surface area contributed by atoms with Crippen molar-refractivity contribution in [1.29, 1.82) is 0 Å². The van der Waals surface area contributed by atoms with Crippen LogP contribution in [0.2, 0.25) is 0 Å². The standard InChI is InChI=1S/C6H18N2O4P2/c1-7(13(9-3)10-4)8(2)14(11-5)12-6/h1-6H3. The molecule has 0 saturated carbocycles. The Morgan fingerprint density at radius 2 is 0.857 bits per heavy atom. The van der Waals surface area contributed by atoms with E-state index in [9.17, 15) is 0 Å². The second-order valence-corrected chi connectivity index (χ2v) is 5.75. The third kappa shape index (κ3) is 4.01. The fourth-order valence-corrected chi connectivity index (χ4v) is 2.89. The largest absolute Gasteiger partial charge is 0.324 e. The highest BCUT2D eigenvalue weighted by molar-refractivity contribution is 7.47. The minimum atomic E-state index is -1.09. The Hall–Kier alpha value is 0.620. The Labute approximate surface area is 88.0 Å². The number of nitrogens with zero attached hydrogens (tertiary/aromatic N) is 2. The maximum absolute atomic E-state index is 5.15. The molecular formula is C6H18N2O4P2. The van der Waals surface area contributed by atoms with E-state index < -0.39 is 17.1 Å². The fourth-order valence-electron chi connectivity index (χ4n) is 0.833. The van der Waals surface area contributed by atoms with E-state index in [1.165, 1.54) is 0 Å². The fraction of sp³-hybridized carbons (Fsp3) is 1.00. The van der Waals surface area contributed by atoms with Gasteiger partial charge in [0.2, 0.25) is 0 Å². The lowest BCUT2D eigenvalue weighted by Gasteiger charge is -2.33. The molecule has 0 spiro atoms. The van der Waals surface area contributed by atoms with Gasteiger partial charge in [-0.15, -0.1) is 0 Å². The molecule has 0 N–H and O–H groups in total. The lowest BCUT2D eigenvalue weighted by atomic mass is 11.4. The third-order valence-corrected chi connectivity index (χ3v) is 4.39. The average Bonchev–Trinajstić information content (AvgIpc) is 2.21. The van der Waals surface area contributed by atoms with Crippen molar-refractivity contribution >= 4 is 17.1 Å². The summed E-state index contributed by atoms with van der Waals surface area (Å²) >= 11 is 0. The monoisotopic (exact) mass is 244 g/mol. The maximum Gasteiger partial charge on any atom is 0.273 e. The molecule has 0 radical (unpaired) electrons. The van der Waals surface area contributed by atoms with Crippen LogP contribution < -0.4 is 0 Å². The van der Waals surface area contributed by atoms with Crippen molar-refractivity contribution in [2.45, 2.75) is 0 Å². The first kappa shape index (κ1) is 14.6. The van der Waals surface area contributed by atoms with Gasteiger partial charge in [-0.3, -0.25) is 0 Å². The Bertz CT molecular complexity index is 130. The van der Waals surface area contributed by atoms with Gasteiger partial charge in [-0.25, -0.2) is 0 Å². The number of hydrogen-bond donors (Lipinski definition) is 0. The van der Waals surface area contributed by atoms with Crippen molar-refractivity contribution in [2.24, 2.45) is 0 Å². The molecule has 0 aliphatic heterocycles. The van der Waals surface area contributed by atoms with Crippen molar-refractivity contribution in [3.8, 4) is 0 Å². The van der Waals surface area contributed by atoms with E-state index in [0.29, 0.717) is 0 Å². The zero-order valence-electron chi connectivity index (χ0n) is 9.42. The summed E-state index contributed by atoms with van der Waals surface area (Å²) in [5.41, 5.74) is 0. The van der Waals surface area contributed by atoms with E-state index in [1.54, 1.807) is 28.4 Å². The van der Waals surface area contributed by atoms with Crippen molar-refractivity contribution in [2.75, 3.05) is 42.5 Å². The number of rotatable bonds is 7. The van der Waals surface area contributed by atoms with Crippen molar-refractivity contribution in [3.05, 3.63) is 0 Å². The number of hydrazine groups is 1. The van der Waals surface area contributed by atoms with Crippen LogP contribution in [0.15, 0.2) is 0 Å². The van der Waals surface area contributed by atoms with Gasteiger partial charge in [0, 0.05) is 42.5 Å². The summed E-state index contributed by atoms with van der Waals surface area (Å²) in [5, 5.41) is 0. The second kappa shape index (κ2) is 7.85. The van der Waals surface area contributed by atoms with Crippen molar-refractivity contribution < 1.29 is 18.1 Å². The third-order valence-electron chi connectivity index (χ3n) is 1.52. The predicted octanol–water partition coefficient (Wildman–Crippen LogP) is 1.80. The molecule has 0 fully saturated rings. The quantitative estimate of drug-likeness (QED) is 0.502. The Balaban J connectivity index is 4.26. The summed E-state index contributed by atoms with van der Waals surface area (Å²) in [6.07, 6.45) is 0. The first-order valence-corrected chi connectivity index (χ1v) is 6.12. The summed E-state index contributed by atoms with van der Waals surface area (Å²) in [4.78, 5) is 0. The molecule has 0 aliphatic carbocycles. The SMILES string of the molecule is COP(OC)N(C)N(C)P(OC)OC. The lowest BCUT2D eigenvalue weighted by Crippen LogP contribution is -2.29. The second-order valence-electron chi connectivity index (χ2n) is 2.18. The summed E-state index contributed by atoms with van der Waals surface area (Å²) in [5.74, 6) is 0. The van der Waals surface area contributed by atoms with Crippen LogP contribution in [-0.4, -0.2) is 52.1 Å². The molecule has 0 bridgehead atoms. The molecule has 6 nitrogen and oxygen atoms in total. The molecule has 0 atom stereocenters. The van der Waals surface area contributed by atoms with Crippen LogP contribution in [0.3, 0.4) is 0 Å². The first-order valence-electron chi connectivity index (χ1n) is 3.86. The maximum atomic E-state index is 5.15. The summed E-state index contributed by atoms with van der Waals surface area (Å²) in [6.45, 7) is 0. The van der Waals surface area contributed by atoms with Gasteiger partial charge >= 0.3 is 0 Å². The predicted molar refractivity (Wildman–Crippen MR) is 57.4 cm³/mol. The molecular weight excluding hydrogens is 226 g/mol. The van der Waals surface area contributed by atoms with Crippen LogP contribution in [0.5, 0.6) is 0 Å². The molecule has 14 heavy (non-hydrogen) atoms. The Morgan fingerprint density at radius 3 is 1.00 bits per heavy atom. The van der Waals surface area contributed by atoms with Crippen LogP contribution >= 0.6 is 17.1 Å². The van der Waals surface area contributed by atoms with Gasteiger partial charge in [-0.2, -0.15) is 9.56 Å². The molecule has 0 saturated heterocycles. The highest BCUT2D eigenvalue weighted by Gasteiger charge is 2.26. The van der Waals surface area contributed by atoms with Gasteiger partial charge in [-0.1, -0.05) is 0 Å². The topological polar surface area (TPSA) is 43.4 Å². The van der Waals surface area contributed by atoms with E-state index in [4.69, 9.17) is 18.1 Å². The lowest BCUT2D eigenvalue weighted by molar-refractivity contribution is 0.144. The van der Waals surface area contributed by atoms with Crippen LogP contribution in [-0.2, 0) is 18.1 Å². The van der Waals surface area contributed by atoms with Crippen LogP contribution in [0.1, 0.15) is 0 Å². The molecule has 0 aliphatic rings. The van der Waals surface area contributed by atoms with E-state index in [-0.39, 0.29) is 0 Å². The first-order chi connectivity index (χ1) is 6.62. The molecule has 86 valence electrons. The molecule has 8 heteroatoms. The molecule has 0 heterocycles. The summed E-state index contributed by atoms with van der Waals surface area (Å²) < 4.78 is 24.2. The van der Waals surface area contributed by atoms with E-state index in [1.807, 2.05) is 23.7 Å². The van der Waals surface area contributed by atoms with Gasteiger partial charge in [0.15, 0.2) is 0 Å². The van der Waals surface area contributed by atoms with Crippen molar-refractivity contribution in [1.82, 2.24) is 9.56 Å². The van der Waals surface area contributed by atoms with Crippen LogP contribution in [0, 0.1) is 0 Å². The minimum absolute atomic E-state index is 1.09. The van der Waals surface area contributed by atoms with E-state index in [2.05, 4.69) is 0 Å². The molecule has 0 rings (SSSR count). The molecule has 0 aromatic heterocycles. The molecule has 0 aromatic rings. The van der Waals surface area contributed by atoms with Crippen LogP contribution in [0.4, 0.5) is 0 Å². The zero-order chi connectivity index (χ0) is 11.1. The molecule has 0 aromatic carbocycles. The van der Waals surface area contributed by atoms with Gasteiger partial charge in [-0.05, 0) is 0 Å². The normalized spacial score (nSPS) is 12.4. The summed E-state index contributed by atoms with van der Waals surface area (Å²) in [6, 6.07) is 0. The molecule has 0 amide bonds. The van der Waals surface area contributed by atoms with E-state index >= 15 is 0 Å².